The number of hydrogen-bond acceptors (Lipinski definition) is 3. The van der Waals surface area contributed by atoms with Crippen molar-refractivity contribution >= 4 is 0 Å². The lowest BCUT2D eigenvalue weighted by molar-refractivity contribution is 0.0258. The lowest BCUT2D eigenvalue weighted by Crippen LogP contribution is -2.22. The van der Waals surface area contributed by atoms with E-state index in [9.17, 15) is 0 Å². The van der Waals surface area contributed by atoms with E-state index in [0.717, 1.165) is 31.9 Å². The summed E-state index contributed by atoms with van der Waals surface area (Å²) in [5.74, 6) is 0.972. The van der Waals surface area contributed by atoms with E-state index in [1.54, 1.807) is 6.26 Å². The molecule has 2 aromatic heterocycles. The molecule has 1 aliphatic rings. The maximum Gasteiger partial charge on any atom is 0.138 e. The van der Waals surface area contributed by atoms with Crippen LogP contribution in [0.25, 0.3) is 5.69 Å². The molecule has 0 spiro atoms. The van der Waals surface area contributed by atoms with Crippen molar-refractivity contribution in [2.45, 2.75) is 26.1 Å². The smallest absolute Gasteiger partial charge is 0.138 e. The van der Waals surface area contributed by atoms with Gasteiger partial charge in [-0.15, -0.1) is 0 Å². The van der Waals surface area contributed by atoms with Crippen LogP contribution < -0.4 is 0 Å². The number of benzene rings is 1. The molecule has 0 radical (unpaired) electrons. The zero-order valence-corrected chi connectivity index (χ0v) is 13.9. The average Bonchev–Trinajstić information content (AvgIpc) is 3.37. The van der Waals surface area contributed by atoms with E-state index in [0.29, 0.717) is 0 Å². The van der Waals surface area contributed by atoms with Crippen molar-refractivity contribution in [3.05, 3.63) is 78.0 Å². The van der Waals surface area contributed by atoms with Gasteiger partial charge in [-0.25, -0.2) is 0 Å². The summed E-state index contributed by atoms with van der Waals surface area (Å²) < 4.78 is 13.6. The minimum atomic E-state index is -0.00809. The molecule has 1 atom stereocenters. The Morgan fingerprint density at radius 3 is 2.75 bits per heavy atom. The number of aromatic nitrogens is 1. The van der Waals surface area contributed by atoms with Gasteiger partial charge in [-0.05, 0) is 42.3 Å². The van der Waals surface area contributed by atoms with Crippen molar-refractivity contribution in [1.29, 1.82) is 0 Å². The maximum atomic E-state index is 5.96. The summed E-state index contributed by atoms with van der Waals surface area (Å²) in [4.78, 5) is 2.30. The molecule has 0 unspecified atom stereocenters. The summed E-state index contributed by atoms with van der Waals surface area (Å²) >= 11 is 0. The highest BCUT2D eigenvalue weighted by Crippen LogP contribution is 2.29. The van der Waals surface area contributed by atoms with Crippen molar-refractivity contribution < 1.29 is 9.15 Å². The number of nitrogens with zero attached hydrogens (tertiary/aromatic N) is 2. The first kappa shape index (κ1) is 15.2. The lowest BCUT2D eigenvalue weighted by atomic mass is 10.1. The van der Waals surface area contributed by atoms with Gasteiger partial charge in [0.25, 0.3) is 0 Å². The zero-order valence-electron chi connectivity index (χ0n) is 13.9. The van der Waals surface area contributed by atoms with Gasteiger partial charge in [-0.3, -0.25) is 4.90 Å². The van der Waals surface area contributed by atoms with E-state index in [1.807, 2.05) is 12.1 Å². The summed E-state index contributed by atoms with van der Waals surface area (Å²) in [6, 6.07) is 14.8. The molecule has 4 nitrogen and oxygen atoms in total. The van der Waals surface area contributed by atoms with E-state index < -0.39 is 0 Å². The molecule has 1 aromatic carbocycles. The highest BCUT2D eigenvalue weighted by molar-refractivity contribution is 5.36. The van der Waals surface area contributed by atoms with E-state index in [-0.39, 0.29) is 6.23 Å². The van der Waals surface area contributed by atoms with Crippen molar-refractivity contribution in [3.63, 3.8) is 0 Å². The van der Waals surface area contributed by atoms with E-state index >= 15 is 0 Å². The molecule has 4 heteroatoms. The van der Waals surface area contributed by atoms with Crippen LogP contribution in [0.15, 0.2) is 65.5 Å². The van der Waals surface area contributed by atoms with E-state index in [2.05, 4.69) is 59.1 Å². The second kappa shape index (κ2) is 6.67. The fourth-order valence-electron chi connectivity index (χ4n) is 3.20. The SMILES string of the molecule is CCc1ccc(-n2ccc([C@@H]3OCCN3Cc3ccco3)c2)cc1. The molecule has 3 heterocycles. The van der Waals surface area contributed by atoms with Crippen molar-refractivity contribution in [3.8, 4) is 5.69 Å². The molecule has 0 amide bonds. The Bertz CT molecular complexity index is 774. The minimum absolute atomic E-state index is 0.00809. The van der Waals surface area contributed by atoms with E-state index in [4.69, 9.17) is 9.15 Å². The van der Waals surface area contributed by atoms with Gasteiger partial charge in [0.2, 0.25) is 0 Å². The van der Waals surface area contributed by atoms with Gasteiger partial charge in [-0.2, -0.15) is 0 Å². The summed E-state index contributed by atoms with van der Waals surface area (Å²) in [5.41, 5.74) is 3.71. The van der Waals surface area contributed by atoms with Crippen LogP contribution in [0.1, 0.15) is 30.0 Å². The maximum absolute atomic E-state index is 5.96. The molecule has 0 N–H and O–H groups in total. The Balaban J connectivity index is 1.52. The van der Waals surface area contributed by atoms with Crippen molar-refractivity contribution in [1.82, 2.24) is 9.47 Å². The van der Waals surface area contributed by atoms with Gasteiger partial charge >= 0.3 is 0 Å². The molecule has 1 aliphatic heterocycles. The first-order valence-corrected chi connectivity index (χ1v) is 8.49. The van der Waals surface area contributed by atoms with Gasteiger partial charge in [0.1, 0.15) is 12.0 Å². The summed E-state index contributed by atoms with van der Waals surface area (Å²) in [7, 11) is 0. The molecule has 0 bridgehead atoms. The summed E-state index contributed by atoms with van der Waals surface area (Å²) in [6.07, 6.45) is 7.04. The minimum Gasteiger partial charge on any atom is -0.468 e. The largest absolute Gasteiger partial charge is 0.468 e. The molecule has 4 rings (SSSR count). The number of aryl methyl sites for hydroxylation is 1. The van der Waals surface area contributed by atoms with Crippen LogP contribution in [-0.2, 0) is 17.7 Å². The monoisotopic (exact) mass is 322 g/mol. The van der Waals surface area contributed by atoms with Crippen LogP contribution in [0.3, 0.4) is 0 Å². The third kappa shape index (κ3) is 3.03. The van der Waals surface area contributed by atoms with Crippen LogP contribution >= 0.6 is 0 Å². The highest BCUT2D eigenvalue weighted by Gasteiger charge is 2.28. The van der Waals surface area contributed by atoms with Crippen LogP contribution in [-0.4, -0.2) is 22.6 Å². The number of rotatable bonds is 5. The highest BCUT2D eigenvalue weighted by atomic mass is 16.5. The number of furan rings is 1. The Morgan fingerprint density at radius 2 is 2.00 bits per heavy atom. The standard InChI is InChI=1S/C20H22N2O2/c1-2-16-5-7-18(8-6-16)21-10-9-17(14-21)20-22(11-13-24-20)15-19-4-3-12-23-19/h3-10,12,14,20H,2,11,13,15H2,1H3/t20-/m0/s1. The molecular formula is C20H22N2O2. The third-order valence-electron chi connectivity index (χ3n) is 4.57. The second-order valence-electron chi connectivity index (χ2n) is 6.15. The van der Waals surface area contributed by atoms with Crippen LogP contribution in [0.2, 0.25) is 0 Å². The Labute approximate surface area is 142 Å². The van der Waals surface area contributed by atoms with Crippen molar-refractivity contribution in [2.24, 2.45) is 0 Å². The van der Waals surface area contributed by atoms with E-state index in [1.165, 1.54) is 16.8 Å². The quantitative estimate of drug-likeness (QED) is 0.706. The van der Waals surface area contributed by atoms with Gasteiger partial charge in [0, 0.05) is 30.2 Å². The van der Waals surface area contributed by atoms with Gasteiger partial charge in [0.15, 0.2) is 0 Å². The molecule has 3 aromatic rings. The third-order valence-corrected chi connectivity index (χ3v) is 4.57. The van der Waals surface area contributed by atoms with Crippen LogP contribution in [0.5, 0.6) is 0 Å². The first-order chi connectivity index (χ1) is 11.8. The molecule has 1 saturated heterocycles. The Kier molecular flexibility index (Phi) is 4.24. The van der Waals surface area contributed by atoms with Crippen molar-refractivity contribution in [2.75, 3.05) is 13.2 Å². The second-order valence-corrected chi connectivity index (χ2v) is 6.15. The summed E-state index contributed by atoms with van der Waals surface area (Å²) in [5, 5.41) is 0. The topological polar surface area (TPSA) is 30.5 Å². The molecular weight excluding hydrogens is 300 g/mol. The Morgan fingerprint density at radius 1 is 1.12 bits per heavy atom. The normalized spacial score (nSPS) is 18.3. The van der Waals surface area contributed by atoms with Gasteiger partial charge in [-0.1, -0.05) is 19.1 Å². The molecule has 24 heavy (non-hydrogen) atoms. The lowest BCUT2D eigenvalue weighted by Gasteiger charge is -2.21. The first-order valence-electron chi connectivity index (χ1n) is 8.49. The Hall–Kier alpha value is -2.30. The fraction of sp³-hybridized carbons (Fsp3) is 0.300. The average molecular weight is 322 g/mol. The molecule has 124 valence electrons. The predicted molar refractivity (Wildman–Crippen MR) is 93.0 cm³/mol. The molecule has 1 fully saturated rings. The summed E-state index contributed by atoms with van der Waals surface area (Å²) in [6.45, 7) is 4.62. The number of hydrogen-bond donors (Lipinski definition) is 0. The van der Waals surface area contributed by atoms with Crippen LogP contribution in [0, 0.1) is 0 Å². The fourth-order valence-corrected chi connectivity index (χ4v) is 3.20. The van der Waals surface area contributed by atoms with Gasteiger partial charge in [0.05, 0.1) is 19.4 Å². The number of ether oxygens (including phenoxy) is 1. The molecule has 0 aliphatic carbocycles. The van der Waals surface area contributed by atoms with Crippen LogP contribution in [0.4, 0.5) is 0 Å². The van der Waals surface area contributed by atoms with Gasteiger partial charge < -0.3 is 13.7 Å². The predicted octanol–water partition coefficient (Wildman–Crippen LogP) is 4.16. The zero-order chi connectivity index (χ0) is 16.4. The molecule has 0 saturated carbocycles.